The van der Waals surface area contributed by atoms with E-state index in [1.165, 1.54) is 12.1 Å². The monoisotopic (exact) mass is 371 g/mol. The molecule has 136 valence electrons. The van der Waals surface area contributed by atoms with E-state index in [0.29, 0.717) is 6.54 Å². The minimum atomic E-state index is -3.23. The molecule has 2 aromatic carbocycles. The van der Waals surface area contributed by atoms with Crippen molar-refractivity contribution in [1.29, 1.82) is 0 Å². The molecule has 3 rings (SSSR count). The lowest BCUT2D eigenvalue weighted by Crippen LogP contribution is -2.28. The molecule has 0 saturated heterocycles. The third kappa shape index (κ3) is 4.11. The van der Waals surface area contributed by atoms with Crippen LogP contribution in [-0.2, 0) is 27.6 Å². The van der Waals surface area contributed by atoms with E-state index < -0.39 is 9.84 Å². The van der Waals surface area contributed by atoms with Crippen LogP contribution in [0, 0.1) is 6.92 Å². The Morgan fingerprint density at radius 1 is 1.15 bits per heavy atom. The van der Waals surface area contributed by atoms with Crippen LogP contribution in [0.1, 0.15) is 17.0 Å². The quantitative estimate of drug-likeness (QED) is 0.747. The van der Waals surface area contributed by atoms with E-state index in [1.807, 2.05) is 25.1 Å². The van der Waals surface area contributed by atoms with Crippen LogP contribution in [0.2, 0.25) is 0 Å². The SMILES string of the molecule is Cc1ccc2nc(CN(C)C(=O)Cc3ccc(S(C)(=O)=O)cc3)[nH]c2c1. The van der Waals surface area contributed by atoms with Crippen LogP contribution in [0.15, 0.2) is 47.4 Å². The molecular formula is C19H21N3O3S. The number of aromatic amines is 1. The Hall–Kier alpha value is -2.67. The minimum absolute atomic E-state index is 0.0613. The number of fused-ring (bicyclic) bond motifs is 1. The number of carbonyl (C=O) groups excluding carboxylic acids is 1. The van der Waals surface area contributed by atoms with Gasteiger partial charge < -0.3 is 9.88 Å². The third-order valence-electron chi connectivity index (χ3n) is 4.21. The predicted molar refractivity (Wildman–Crippen MR) is 101 cm³/mol. The Morgan fingerprint density at radius 3 is 2.50 bits per heavy atom. The summed E-state index contributed by atoms with van der Waals surface area (Å²) in [5, 5.41) is 0. The van der Waals surface area contributed by atoms with Gasteiger partial charge in [-0.25, -0.2) is 13.4 Å². The molecule has 0 saturated carbocycles. The molecule has 6 nitrogen and oxygen atoms in total. The number of aromatic nitrogens is 2. The molecule has 1 amide bonds. The zero-order valence-electron chi connectivity index (χ0n) is 15.0. The number of nitrogens with one attached hydrogen (secondary N) is 1. The standard InChI is InChI=1S/C19H21N3O3S/c1-13-4-9-16-17(10-13)21-18(20-16)12-22(2)19(23)11-14-5-7-15(8-6-14)26(3,24)25/h4-10H,11-12H2,1-3H3,(H,20,21). The summed E-state index contributed by atoms with van der Waals surface area (Å²) in [6, 6.07) is 12.4. The Bertz CT molecular complexity index is 1050. The highest BCUT2D eigenvalue weighted by atomic mass is 32.2. The van der Waals surface area contributed by atoms with Gasteiger partial charge in [0.05, 0.1) is 28.9 Å². The molecule has 0 fully saturated rings. The van der Waals surface area contributed by atoms with E-state index in [4.69, 9.17) is 0 Å². The molecule has 26 heavy (non-hydrogen) atoms. The first-order chi connectivity index (χ1) is 12.2. The van der Waals surface area contributed by atoms with Crippen molar-refractivity contribution in [2.75, 3.05) is 13.3 Å². The zero-order chi connectivity index (χ0) is 18.9. The Kier molecular flexibility index (Phi) is 4.82. The van der Waals surface area contributed by atoms with Crippen molar-refractivity contribution < 1.29 is 13.2 Å². The number of H-pyrrole nitrogens is 1. The van der Waals surface area contributed by atoms with Gasteiger partial charge in [-0.3, -0.25) is 4.79 Å². The molecule has 0 unspecified atom stereocenters. The van der Waals surface area contributed by atoms with Crippen molar-refractivity contribution in [2.45, 2.75) is 24.8 Å². The van der Waals surface area contributed by atoms with Crippen LogP contribution in [0.4, 0.5) is 0 Å². The molecule has 0 radical (unpaired) electrons. The molecule has 0 bridgehead atoms. The maximum atomic E-state index is 12.4. The molecule has 0 aliphatic carbocycles. The zero-order valence-corrected chi connectivity index (χ0v) is 15.8. The molecule has 7 heteroatoms. The van der Waals surface area contributed by atoms with Crippen LogP contribution >= 0.6 is 0 Å². The Balaban J connectivity index is 1.67. The number of nitrogens with zero attached hydrogens (tertiary/aromatic N) is 2. The molecular weight excluding hydrogens is 350 g/mol. The van der Waals surface area contributed by atoms with Crippen molar-refractivity contribution >= 4 is 26.8 Å². The average molecular weight is 371 g/mol. The fraction of sp³-hybridized carbons (Fsp3) is 0.263. The van der Waals surface area contributed by atoms with Crippen molar-refractivity contribution in [3.63, 3.8) is 0 Å². The van der Waals surface area contributed by atoms with Crippen molar-refractivity contribution in [3.05, 3.63) is 59.4 Å². The Morgan fingerprint density at radius 2 is 1.85 bits per heavy atom. The molecule has 0 atom stereocenters. The second kappa shape index (κ2) is 6.92. The fourth-order valence-corrected chi connectivity index (χ4v) is 3.36. The van der Waals surface area contributed by atoms with Gasteiger partial charge in [-0.2, -0.15) is 0 Å². The van der Waals surface area contributed by atoms with E-state index in [1.54, 1.807) is 24.1 Å². The highest BCUT2D eigenvalue weighted by Gasteiger charge is 2.13. The van der Waals surface area contributed by atoms with Gasteiger partial charge in [0.25, 0.3) is 0 Å². The number of carbonyl (C=O) groups is 1. The molecule has 3 aromatic rings. The predicted octanol–water partition coefficient (Wildman–Crippen LogP) is 2.48. The van der Waals surface area contributed by atoms with Gasteiger partial charge in [0, 0.05) is 13.3 Å². The maximum absolute atomic E-state index is 12.4. The molecule has 1 N–H and O–H groups in total. The maximum Gasteiger partial charge on any atom is 0.227 e. The third-order valence-corrected chi connectivity index (χ3v) is 5.33. The lowest BCUT2D eigenvalue weighted by Gasteiger charge is -2.15. The van der Waals surface area contributed by atoms with Gasteiger partial charge in [0.15, 0.2) is 9.84 Å². The number of benzene rings is 2. The summed E-state index contributed by atoms with van der Waals surface area (Å²) >= 11 is 0. The number of hydrogen-bond donors (Lipinski definition) is 1. The number of rotatable bonds is 5. The number of sulfone groups is 1. The van der Waals surface area contributed by atoms with E-state index in [0.717, 1.165) is 34.2 Å². The number of amides is 1. The average Bonchev–Trinajstić information content (AvgIpc) is 2.95. The second-order valence-corrected chi connectivity index (χ2v) is 8.56. The van der Waals surface area contributed by atoms with Crippen molar-refractivity contribution in [1.82, 2.24) is 14.9 Å². The molecule has 1 aromatic heterocycles. The van der Waals surface area contributed by atoms with Crippen molar-refractivity contribution in [2.24, 2.45) is 0 Å². The van der Waals surface area contributed by atoms with Gasteiger partial charge in [-0.15, -0.1) is 0 Å². The van der Waals surface area contributed by atoms with Crippen LogP contribution in [0.5, 0.6) is 0 Å². The van der Waals surface area contributed by atoms with Gasteiger partial charge in [0.2, 0.25) is 5.91 Å². The number of aryl methyl sites for hydroxylation is 1. The molecule has 0 aliphatic heterocycles. The van der Waals surface area contributed by atoms with E-state index >= 15 is 0 Å². The first-order valence-corrected chi connectivity index (χ1v) is 10.1. The summed E-state index contributed by atoms with van der Waals surface area (Å²) in [7, 11) is -1.50. The smallest absolute Gasteiger partial charge is 0.227 e. The number of hydrogen-bond acceptors (Lipinski definition) is 4. The summed E-state index contributed by atoms with van der Waals surface area (Å²) in [6.07, 6.45) is 1.37. The van der Waals surface area contributed by atoms with E-state index in [-0.39, 0.29) is 17.2 Å². The summed E-state index contributed by atoms with van der Waals surface area (Å²) < 4.78 is 23.0. The minimum Gasteiger partial charge on any atom is -0.340 e. The first-order valence-electron chi connectivity index (χ1n) is 8.20. The fourth-order valence-electron chi connectivity index (χ4n) is 2.73. The second-order valence-electron chi connectivity index (χ2n) is 6.55. The summed E-state index contributed by atoms with van der Waals surface area (Å²) in [5.74, 6) is 0.669. The van der Waals surface area contributed by atoms with Gasteiger partial charge >= 0.3 is 0 Å². The summed E-state index contributed by atoms with van der Waals surface area (Å²) in [4.78, 5) is 22.0. The summed E-state index contributed by atoms with van der Waals surface area (Å²) in [5.41, 5.74) is 3.75. The van der Waals surface area contributed by atoms with Crippen molar-refractivity contribution in [3.8, 4) is 0 Å². The first kappa shape index (κ1) is 18.1. The van der Waals surface area contributed by atoms with Crippen LogP contribution in [0.3, 0.4) is 0 Å². The lowest BCUT2D eigenvalue weighted by atomic mass is 10.1. The van der Waals surface area contributed by atoms with Gasteiger partial charge in [0.1, 0.15) is 5.82 Å². The lowest BCUT2D eigenvalue weighted by molar-refractivity contribution is -0.129. The Labute approximate surface area is 152 Å². The highest BCUT2D eigenvalue weighted by molar-refractivity contribution is 7.90. The molecule has 1 heterocycles. The van der Waals surface area contributed by atoms with E-state index in [9.17, 15) is 13.2 Å². The highest BCUT2D eigenvalue weighted by Crippen LogP contribution is 2.15. The largest absolute Gasteiger partial charge is 0.340 e. The van der Waals surface area contributed by atoms with Gasteiger partial charge in [-0.05, 0) is 42.3 Å². The van der Waals surface area contributed by atoms with E-state index in [2.05, 4.69) is 9.97 Å². The number of likely N-dealkylation sites (N-methyl/N-ethyl adjacent to an activating group) is 1. The van der Waals surface area contributed by atoms with Crippen LogP contribution in [-0.4, -0.2) is 42.5 Å². The van der Waals surface area contributed by atoms with Crippen LogP contribution in [0.25, 0.3) is 11.0 Å². The molecule has 0 spiro atoms. The topological polar surface area (TPSA) is 83.1 Å². The van der Waals surface area contributed by atoms with Gasteiger partial charge in [-0.1, -0.05) is 18.2 Å². The summed E-state index contributed by atoms with van der Waals surface area (Å²) in [6.45, 7) is 2.40. The molecule has 0 aliphatic rings. The number of imidazole rings is 1. The van der Waals surface area contributed by atoms with Crippen LogP contribution < -0.4 is 0 Å². The normalized spacial score (nSPS) is 11.7.